The predicted octanol–water partition coefficient (Wildman–Crippen LogP) is 14.2. The number of benzene rings is 6. The van der Waals surface area contributed by atoms with Gasteiger partial charge >= 0.3 is 19.8 Å². The second-order valence-electron chi connectivity index (χ2n) is 15.5. The Hall–Kier alpha value is -5.82. The predicted molar refractivity (Wildman–Crippen MR) is 243 cm³/mol. The fourth-order valence-electron chi connectivity index (χ4n) is 7.02. The molecule has 304 valence electrons. The summed E-state index contributed by atoms with van der Waals surface area (Å²) in [6.07, 6.45) is 7.81. The minimum absolute atomic E-state index is 0. The number of hydrogen-bond donors (Lipinski definition) is 0. The molecule has 60 heavy (non-hydrogen) atoms. The van der Waals surface area contributed by atoms with E-state index in [0.29, 0.717) is 35.2 Å². The first-order valence-corrected chi connectivity index (χ1v) is 20.5. The van der Waals surface area contributed by atoms with Gasteiger partial charge in [-0.25, -0.2) is 0 Å². The summed E-state index contributed by atoms with van der Waals surface area (Å²) >= 11 is 0. The van der Waals surface area contributed by atoms with Gasteiger partial charge in [0.1, 0.15) is 0 Å². The zero-order valence-electron chi connectivity index (χ0n) is 35.9. The van der Waals surface area contributed by atoms with E-state index in [1.165, 1.54) is 33.6 Å². The molecule has 8 rings (SSSR count). The smallest absolute Gasteiger partial charge is 0.497 e. The van der Waals surface area contributed by atoms with E-state index in [-0.39, 0.29) is 19.8 Å². The maximum absolute atomic E-state index is 6.41. The minimum atomic E-state index is 0. The van der Waals surface area contributed by atoms with Gasteiger partial charge in [-0.15, -0.1) is 47.5 Å². The molecule has 0 radical (unpaired) electrons. The van der Waals surface area contributed by atoms with Gasteiger partial charge in [0.25, 0.3) is 0 Å². The Morgan fingerprint density at radius 2 is 0.767 bits per heavy atom. The van der Waals surface area contributed by atoms with Crippen LogP contribution in [0, 0.1) is 24.3 Å². The topological polar surface area (TPSA) is 44.9 Å². The van der Waals surface area contributed by atoms with Crippen LogP contribution >= 0.6 is 0 Å². The fraction of sp³-hybridized carbons (Fsp3) is 0.222. The minimum Gasteiger partial charge on any atom is -0.497 e. The Balaban J connectivity index is 0.000000450. The van der Waals surface area contributed by atoms with Crippen molar-refractivity contribution in [3.8, 4) is 45.6 Å². The van der Waals surface area contributed by atoms with Gasteiger partial charge in [0.15, 0.2) is 0 Å². The van der Waals surface area contributed by atoms with Crippen LogP contribution in [-0.4, -0.2) is 19.1 Å². The van der Waals surface area contributed by atoms with Crippen molar-refractivity contribution >= 4 is 0 Å². The standard InChI is InChI=1S/C42H44N4O.2C6H5.Os/c1-27(2)35-17-11-18-36(28(3)4)39(35)45-23-21-43-41(45)31-13-9-15-33(25-31)47-34-16-10-14-32(26-34)42-44-22-24-46(42)40-37(29(5)6)19-12-20-38(40)30(7)8;2*1-2-4-6-5-3-1;/h9-24,27-30H,1-8H3;2*1-5H;/q-2;2*-1;+4. The van der Waals surface area contributed by atoms with E-state index in [1.54, 1.807) is 0 Å². The van der Waals surface area contributed by atoms with Crippen LogP contribution in [0.5, 0.6) is 11.5 Å². The van der Waals surface area contributed by atoms with Crippen LogP contribution in [0.15, 0.2) is 158 Å². The van der Waals surface area contributed by atoms with E-state index in [0.717, 1.165) is 22.8 Å². The molecule has 8 aromatic rings. The van der Waals surface area contributed by atoms with E-state index in [2.05, 4.69) is 125 Å². The fourth-order valence-corrected chi connectivity index (χ4v) is 7.02. The summed E-state index contributed by atoms with van der Waals surface area (Å²) in [5.74, 6) is 4.33. The molecule has 0 bridgehead atoms. The third-order valence-corrected chi connectivity index (χ3v) is 9.90. The van der Waals surface area contributed by atoms with Crippen molar-refractivity contribution < 1.29 is 24.5 Å². The molecule has 0 fully saturated rings. The van der Waals surface area contributed by atoms with E-state index in [4.69, 9.17) is 14.7 Å². The number of ether oxygens (including phenoxy) is 1. The SMILES string of the molecule is CC(C)c1cccc(C(C)C)c1-n1ccnc1-c1[c-]c(Oc2[c-]c(-c3nccn3-c3c(C(C)C)cccc3C(C)C)ccc2)ccc1.[Os+4].[c-]1ccccc1.[c-]1ccccc1. The zero-order valence-corrected chi connectivity index (χ0v) is 38.4. The molecule has 0 amide bonds. The number of nitrogens with zero attached hydrogens (tertiary/aromatic N) is 4. The van der Waals surface area contributed by atoms with E-state index in [1.807, 2.05) is 122 Å². The van der Waals surface area contributed by atoms with Crippen LogP contribution < -0.4 is 4.74 Å². The molecule has 0 N–H and O–H groups in total. The van der Waals surface area contributed by atoms with Crippen molar-refractivity contribution in [2.75, 3.05) is 0 Å². The van der Waals surface area contributed by atoms with Crippen LogP contribution in [0.25, 0.3) is 34.2 Å². The summed E-state index contributed by atoms with van der Waals surface area (Å²) in [5, 5.41) is 0. The van der Waals surface area contributed by atoms with Gasteiger partial charge in [-0.1, -0.05) is 104 Å². The van der Waals surface area contributed by atoms with Gasteiger partial charge in [-0.05, 0) is 45.9 Å². The largest absolute Gasteiger partial charge is 4.00 e. The first-order valence-electron chi connectivity index (χ1n) is 20.5. The second-order valence-corrected chi connectivity index (χ2v) is 15.5. The van der Waals surface area contributed by atoms with Gasteiger partial charge in [0, 0.05) is 47.7 Å². The number of aromatic nitrogens is 4. The van der Waals surface area contributed by atoms with Crippen LogP contribution in [0.2, 0.25) is 0 Å². The van der Waals surface area contributed by atoms with Gasteiger partial charge in [0.2, 0.25) is 0 Å². The summed E-state index contributed by atoms with van der Waals surface area (Å²) in [6, 6.07) is 57.1. The third kappa shape index (κ3) is 11.3. The zero-order chi connectivity index (χ0) is 41.7. The molecule has 2 heterocycles. The summed E-state index contributed by atoms with van der Waals surface area (Å²) < 4.78 is 10.8. The van der Waals surface area contributed by atoms with Crippen molar-refractivity contribution in [1.29, 1.82) is 0 Å². The van der Waals surface area contributed by atoms with Crippen LogP contribution in [0.4, 0.5) is 0 Å². The summed E-state index contributed by atoms with van der Waals surface area (Å²) in [4.78, 5) is 9.59. The molecule has 0 aliphatic rings. The average molecular weight is 965 g/mol. The molecular weight excluding hydrogens is 911 g/mol. The molecule has 0 unspecified atom stereocenters. The molecule has 6 heteroatoms. The summed E-state index contributed by atoms with van der Waals surface area (Å²) in [5.41, 5.74) is 9.29. The second kappa shape index (κ2) is 22.0. The Morgan fingerprint density at radius 1 is 0.433 bits per heavy atom. The molecule has 6 aromatic carbocycles. The summed E-state index contributed by atoms with van der Waals surface area (Å²) in [7, 11) is 0. The van der Waals surface area contributed by atoms with Crippen molar-refractivity contribution in [1.82, 2.24) is 19.1 Å². The third-order valence-electron chi connectivity index (χ3n) is 9.90. The van der Waals surface area contributed by atoms with Crippen molar-refractivity contribution in [3.05, 3.63) is 205 Å². The molecule has 0 saturated heterocycles. The van der Waals surface area contributed by atoms with Crippen LogP contribution in [-0.2, 0) is 19.8 Å². The Kier molecular flexibility index (Phi) is 16.6. The number of para-hydroxylation sites is 2. The van der Waals surface area contributed by atoms with Crippen LogP contribution in [0.1, 0.15) is 101 Å². The Bertz CT molecular complexity index is 2220. The molecule has 0 saturated carbocycles. The molecule has 0 aliphatic heterocycles. The molecule has 5 nitrogen and oxygen atoms in total. The maximum Gasteiger partial charge on any atom is 4.00 e. The number of rotatable bonds is 10. The molecule has 0 atom stereocenters. The quantitative estimate of drug-likeness (QED) is 0.128. The maximum atomic E-state index is 6.41. The molecule has 2 aromatic heterocycles. The van der Waals surface area contributed by atoms with Gasteiger partial charge in [-0.3, -0.25) is 9.97 Å². The first-order chi connectivity index (χ1) is 28.6. The van der Waals surface area contributed by atoms with E-state index in [9.17, 15) is 0 Å². The Labute approximate surface area is 371 Å². The average Bonchev–Trinajstić information content (AvgIpc) is 3.96. The molecule has 0 spiro atoms. The number of hydrogen-bond acceptors (Lipinski definition) is 3. The summed E-state index contributed by atoms with van der Waals surface area (Å²) in [6.45, 7) is 17.9. The molecule has 0 aliphatic carbocycles. The van der Waals surface area contributed by atoms with Gasteiger partial charge in [0.05, 0.1) is 11.6 Å². The monoisotopic (exact) mass is 966 g/mol. The van der Waals surface area contributed by atoms with E-state index >= 15 is 0 Å². The number of imidazole rings is 2. The normalized spacial score (nSPS) is 10.8. The van der Waals surface area contributed by atoms with Crippen molar-refractivity contribution in [2.24, 2.45) is 0 Å². The van der Waals surface area contributed by atoms with Gasteiger partial charge < -0.3 is 13.9 Å². The van der Waals surface area contributed by atoms with Gasteiger partial charge in [-0.2, -0.15) is 72.8 Å². The van der Waals surface area contributed by atoms with Crippen molar-refractivity contribution in [2.45, 2.75) is 79.1 Å². The van der Waals surface area contributed by atoms with Crippen molar-refractivity contribution in [3.63, 3.8) is 0 Å². The Morgan fingerprint density at radius 3 is 1.05 bits per heavy atom. The first kappa shape index (κ1) is 45.3. The molecular formula is C54H54N4OOs. The van der Waals surface area contributed by atoms with E-state index < -0.39 is 0 Å². The van der Waals surface area contributed by atoms with Crippen LogP contribution in [0.3, 0.4) is 0 Å².